The van der Waals surface area contributed by atoms with Crippen LogP contribution in [0.5, 0.6) is 0 Å². The van der Waals surface area contributed by atoms with Gasteiger partial charge in [0.25, 0.3) is 0 Å². The Hall–Kier alpha value is -0.950. The molecule has 0 bridgehead atoms. The van der Waals surface area contributed by atoms with E-state index in [-0.39, 0.29) is 29.9 Å². The van der Waals surface area contributed by atoms with Crippen LogP contribution in [0.2, 0.25) is 0 Å². The lowest BCUT2D eigenvalue weighted by Crippen LogP contribution is -1.86. The molecule has 2 N–H and O–H groups in total. The highest BCUT2D eigenvalue weighted by molar-refractivity contribution is 7.20. The monoisotopic (exact) mass is 351 g/mol. The summed E-state index contributed by atoms with van der Waals surface area (Å²) in [6.07, 6.45) is 3.61. The number of aromatic nitrogens is 2. The molecular weight excluding hydrogens is 340 g/mol. The third-order valence-corrected chi connectivity index (χ3v) is 4.89. The lowest BCUT2D eigenvalue weighted by Gasteiger charge is -1.95. The topological polar surface area (TPSA) is 51.8 Å². The number of thiazole rings is 1. The molecule has 108 valence electrons. The van der Waals surface area contributed by atoms with Crippen molar-refractivity contribution in [2.45, 2.75) is 13.3 Å². The van der Waals surface area contributed by atoms with Crippen molar-refractivity contribution in [2.24, 2.45) is 0 Å². The number of anilines is 1. The minimum absolute atomic E-state index is 0. The first-order chi connectivity index (χ1) is 8.65. The van der Waals surface area contributed by atoms with E-state index in [2.05, 4.69) is 9.97 Å². The second-order valence-electron chi connectivity index (χ2n) is 3.96. The van der Waals surface area contributed by atoms with Gasteiger partial charge in [0, 0.05) is 17.5 Å². The van der Waals surface area contributed by atoms with Gasteiger partial charge in [-0.2, -0.15) is 4.39 Å². The van der Waals surface area contributed by atoms with Crippen molar-refractivity contribution in [2.75, 3.05) is 5.73 Å². The second kappa shape index (κ2) is 6.67. The molecule has 0 fully saturated rings. The Morgan fingerprint density at radius 1 is 1.25 bits per heavy atom. The molecule has 0 aliphatic heterocycles. The maximum atomic E-state index is 12.9. The first-order valence-corrected chi connectivity index (χ1v) is 7.01. The van der Waals surface area contributed by atoms with Crippen molar-refractivity contribution in [1.82, 2.24) is 9.97 Å². The highest BCUT2D eigenvalue weighted by Gasteiger charge is 2.13. The Kier molecular flexibility index (Phi) is 5.70. The summed E-state index contributed by atoms with van der Waals surface area (Å²) >= 11 is 2.69. The van der Waals surface area contributed by atoms with Crippen LogP contribution in [-0.4, -0.2) is 9.97 Å². The predicted molar refractivity (Wildman–Crippen MR) is 88.1 cm³/mol. The SMILES string of the molecule is Cc1c(Cc2ncc(F)s2)sc2c(N)ccnc12.Cl.Cl. The average molecular weight is 352 g/mol. The van der Waals surface area contributed by atoms with Crippen LogP contribution in [0.3, 0.4) is 0 Å². The maximum Gasteiger partial charge on any atom is 0.196 e. The van der Waals surface area contributed by atoms with Crippen LogP contribution in [0, 0.1) is 12.1 Å². The van der Waals surface area contributed by atoms with E-state index < -0.39 is 0 Å². The minimum atomic E-state index is -0.249. The average Bonchev–Trinajstić information content (AvgIpc) is 2.88. The highest BCUT2D eigenvalue weighted by Crippen LogP contribution is 2.34. The van der Waals surface area contributed by atoms with Gasteiger partial charge in [-0.05, 0) is 18.6 Å². The van der Waals surface area contributed by atoms with E-state index in [1.165, 1.54) is 6.20 Å². The van der Waals surface area contributed by atoms with Gasteiger partial charge in [-0.1, -0.05) is 11.3 Å². The van der Waals surface area contributed by atoms with E-state index >= 15 is 0 Å². The summed E-state index contributed by atoms with van der Waals surface area (Å²) in [4.78, 5) is 9.53. The fraction of sp³-hybridized carbons (Fsp3) is 0.167. The molecule has 0 saturated carbocycles. The molecule has 3 aromatic heterocycles. The lowest BCUT2D eigenvalue weighted by molar-refractivity contribution is 0.653. The van der Waals surface area contributed by atoms with E-state index in [4.69, 9.17) is 5.73 Å². The third-order valence-electron chi connectivity index (χ3n) is 2.77. The summed E-state index contributed by atoms with van der Waals surface area (Å²) in [5.41, 5.74) is 8.72. The predicted octanol–water partition coefficient (Wildman–Crippen LogP) is 4.22. The van der Waals surface area contributed by atoms with E-state index in [9.17, 15) is 4.39 Å². The molecule has 0 aliphatic rings. The van der Waals surface area contributed by atoms with Crippen LogP contribution in [0.1, 0.15) is 15.4 Å². The molecule has 8 heteroatoms. The molecule has 0 amide bonds. The largest absolute Gasteiger partial charge is 0.397 e. The smallest absolute Gasteiger partial charge is 0.196 e. The summed E-state index contributed by atoms with van der Waals surface area (Å²) in [6.45, 7) is 2.02. The van der Waals surface area contributed by atoms with Gasteiger partial charge in [-0.25, -0.2) is 4.98 Å². The van der Waals surface area contributed by atoms with Gasteiger partial charge in [-0.3, -0.25) is 4.98 Å². The van der Waals surface area contributed by atoms with Gasteiger partial charge in [0.1, 0.15) is 5.01 Å². The fourth-order valence-electron chi connectivity index (χ4n) is 1.85. The highest BCUT2D eigenvalue weighted by atomic mass is 35.5. The summed E-state index contributed by atoms with van der Waals surface area (Å²) in [5, 5.41) is 0.530. The molecule has 0 saturated heterocycles. The number of thiophene rings is 1. The van der Waals surface area contributed by atoms with Crippen LogP contribution in [0.4, 0.5) is 10.1 Å². The normalized spacial score (nSPS) is 10.1. The Bertz CT molecular complexity index is 727. The molecule has 0 aliphatic carbocycles. The van der Waals surface area contributed by atoms with Crippen LogP contribution < -0.4 is 5.73 Å². The Balaban J connectivity index is 0.000001000. The van der Waals surface area contributed by atoms with Crippen LogP contribution in [-0.2, 0) is 6.42 Å². The Morgan fingerprint density at radius 2 is 2.00 bits per heavy atom. The zero-order valence-corrected chi connectivity index (χ0v) is 13.7. The molecule has 0 radical (unpaired) electrons. The number of halogens is 3. The molecule has 0 spiro atoms. The van der Waals surface area contributed by atoms with E-state index in [1.807, 2.05) is 6.92 Å². The van der Waals surface area contributed by atoms with Gasteiger partial charge in [0.05, 0.1) is 22.1 Å². The molecule has 3 heterocycles. The first kappa shape index (κ1) is 17.1. The van der Waals surface area contributed by atoms with E-state index in [0.29, 0.717) is 6.42 Å². The molecule has 3 aromatic rings. The van der Waals surface area contributed by atoms with Gasteiger partial charge in [0.2, 0.25) is 0 Å². The summed E-state index contributed by atoms with van der Waals surface area (Å²) in [7, 11) is 0. The number of rotatable bonds is 2. The van der Waals surface area contributed by atoms with Gasteiger partial charge < -0.3 is 5.73 Å². The quantitative estimate of drug-likeness (QED) is 0.751. The zero-order chi connectivity index (χ0) is 12.7. The van der Waals surface area contributed by atoms with Crippen molar-refractivity contribution in [3.05, 3.63) is 39.0 Å². The van der Waals surface area contributed by atoms with Crippen molar-refractivity contribution in [3.8, 4) is 0 Å². The Morgan fingerprint density at radius 3 is 2.60 bits per heavy atom. The number of nitrogens with zero attached hydrogens (tertiary/aromatic N) is 2. The maximum absolute atomic E-state index is 12.9. The molecular formula is C12H12Cl2FN3S2. The first-order valence-electron chi connectivity index (χ1n) is 5.38. The molecule has 20 heavy (non-hydrogen) atoms. The lowest BCUT2D eigenvalue weighted by atomic mass is 10.2. The molecule has 3 rings (SSSR count). The standard InChI is InChI=1S/C12H10FN3S2.2ClH/c1-6-8(4-10-16-5-9(13)18-10)17-12-7(14)2-3-15-11(6)12;;/h2-3,5H,4H2,1H3,(H2,14,15);2*1H. The number of nitrogen functional groups attached to an aromatic ring is 1. The number of pyridine rings is 1. The molecule has 0 aromatic carbocycles. The van der Waals surface area contributed by atoms with Crippen molar-refractivity contribution >= 4 is 63.4 Å². The molecule has 3 nitrogen and oxygen atoms in total. The number of fused-ring (bicyclic) bond motifs is 1. The summed E-state index contributed by atoms with van der Waals surface area (Å²) in [6, 6.07) is 1.80. The number of nitrogens with two attached hydrogens (primary N) is 1. The zero-order valence-electron chi connectivity index (χ0n) is 10.4. The van der Waals surface area contributed by atoms with Crippen LogP contribution >= 0.6 is 47.5 Å². The van der Waals surface area contributed by atoms with E-state index in [0.717, 1.165) is 42.7 Å². The molecule has 0 unspecified atom stereocenters. The van der Waals surface area contributed by atoms with Crippen LogP contribution in [0.25, 0.3) is 10.2 Å². The van der Waals surface area contributed by atoms with Gasteiger partial charge in [-0.15, -0.1) is 36.2 Å². The Labute approximate surface area is 135 Å². The summed E-state index contributed by atoms with van der Waals surface area (Å²) < 4.78 is 13.9. The van der Waals surface area contributed by atoms with Crippen LogP contribution in [0.15, 0.2) is 18.5 Å². The number of hydrogen-bond acceptors (Lipinski definition) is 5. The van der Waals surface area contributed by atoms with Gasteiger partial charge in [0.15, 0.2) is 5.13 Å². The third kappa shape index (κ3) is 3.03. The van der Waals surface area contributed by atoms with Crippen molar-refractivity contribution in [1.29, 1.82) is 0 Å². The number of aryl methyl sites for hydroxylation is 1. The van der Waals surface area contributed by atoms with Crippen molar-refractivity contribution in [3.63, 3.8) is 0 Å². The molecule has 0 atom stereocenters. The second-order valence-corrected chi connectivity index (χ2v) is 6.13. The van der Waals surface area contributed by atoms with Gasteiger partial charge >= 0.3 is 0 Å². The summed E-state index contributed by atoms with van der Waals surface area (Å²) in [5.74, 6) is 0. The number of hydrogen-bond donors (Lipinski definition) is 1. The van der Waals surface area contributed by atoms with Crippen molar-refractivity contribution < 1.29 is 4.39 Å². The minimum Gasteiger partial charge on any atom is -0.397 e. The fourth-order valence-corrected chi connectivity index (χ4v) is 3.78. The van der Waals surface area contributed by atoms with E-state index in [1.54, 1.807) is 23.6 Å².